The lowest BCUT2D eigenvalue weighted by Gasteiger charge is -2.10. The number of aliphatic imine (C=N–C) groups is 2. The maximum Gasteiger partial charge on any atom is 0.343 e. The summed E-state index contributed by atoms with van der Waals surface area (Å²) in [7, 11) is 0. The molecule has 0 atom stereocenters. The molecular formula is C53H59N3O6. The summed E-state index contributed by atoms with van der Waals surface area (Å²) in [6, 6.07) is 35.3. The van der Waals surface area contributed by atoms with Crippen molar-refractivity contribution in [1.29, 1.82) is 5.26 Å². The quantitative estimate of drug-likeness (QED) is 0.0235. The predicted molar refractivity (Wildman–Crippen MR) is 248 cm³/mol. The van der Waals surface area contributed by atoms with E-state index >= 15 is 0 Å². The van der Waals surface area contributed by atoms with Gasteiger partial charge in [0.25, 0.3) is 0 Å². The predicted octanol–water partition coefficient (Wildman–Crippen LogP) is 13.8. The highest BCUT2D eigenvalue weighted by Gasteiger charge is 2.18. The number of carbonyl (C=O) groups is 2. The average Bonchev–Trinajstić information content (AvgIpc) is 3.30. The lowest BCUT2D eigenvalue weighted by Crippen LogP contribution is -2.12. The van der Waals surface area contributed by atoms with Crippen molar-refractivity contribution in [3.8, 4) is 29.1 Å². The molecule has 5 aromatic carbocycles. The van der Waals surface area contributed by atoms with E-state index in [1.807, 2.05) is 54.6 Å². The number of carbonyl (C=O) groups excluding carboxylic acids is 2. The molecule has 322 valence electrons. The van der Waals surface area contributed by atoms with Gasteiger partial charge in [0.2, 0.25) is 0 Å². The van der Waals surface area contributed by atoms with Crippen molar-refractivity contribution in [3.05, 3.63) is 143 Å². The highest BCUT2D eigenvalue weighted by Crippen LogP contribution is 2.29. The second-order valence-electron chi connectivity index (χ2n) is 15.2. The molecule has 0 aliphatic rings. The van der Waals surface area contributed by atoms with Crippen LogP contribution in [0.3, 0.4) is 0 Å². The second kappa shape index (κ2) is 26.6. The van der Waals surface area contributed by atoms with Crippen LogP contribution in [0.2, 0.25) is 0 Å². The molecule has 62 heavy (non-hydrogen) atoms. The number of nitriles is 1. The third-order valence-corrected chi connectivity index (χ3v) is 10.2. The van der Waals surface area contributed by atoms with Crippen LogP contribution in [0.15, 0.2) is 125 Å². The van der Waals surface area contributed by atoms with Crippen molar-refractivity contribution in [1.82, 2.24) is 0 Å². The number of benzene rings is 5. The molecule has 0 aromatic heterocycles. The fourth-order valence-electron chi connectivity index (χ4n) is 6.57. The highest BCUT2D eigenvalue weighted by atomic mass is 16.5. The Morgan fingerprint density at radius 2 is 0.871 bits per heavy atom. The largest absolute Gasteiger partial charge is 0.494 e. The first-order valence-electron chi connectivity index (χ1n) is 22.2. The van der Waals surface area contributed by atoms with Gasteiger partial charge in [0.05, 0.1) is 35.7 Å². The number of nitrogens with zero attached hydrogens (tertiary/aromatic N) is 3. The third-order valence-electron chi connectivity index (χ3n) is 10.2. The standard InChI is InChI=1S/C53H59N3O6/c1-3-5-7-9-11-13-15-36-59-47-32-28-45(29-33-47)55-39-41-20-24-43(25-21-41)52(57)61-50-18-17-19-51(49(50)38-54)62-53(58)44-26-22-42(23-27-44)40-56-46-30-34-48(35-31-46)60-37-16-14-12-10-8-6-4-2/h17-35,39-40H,3-16,36-37H2,1-2H3. The van der Waals surface area contributed by atoms with Crippen molar-refractivity contribution < 1.29 is 28.5 Å². The molecule has 5 rings (SSSR count). The van der Waals surface area contributed by atoms with Gasteiger partial charge < -0.3 is 18.9 Å². The lowest BCUT2D eigenvalue weighted by molar-refractivity contribution is 0.0731. The van der Waals surface area contributed by atoms with Gasteiger partial charge >= 0.3 is 11.9 Å². The molecule has 0 aliphatic carbocycles. The number of hydrogen-bond acceptors (Lipinski definition) is 9. The Kier molecular flexibility index (Phi) is 20.0. The number of ether oxygens (including phenoxy) is 4. The monoisotopic (exact) mass is 833 g/mol. The summed E-state index contributed by atoms with van der Waals surface area (Å²) >= 11 is 0. The van der Waals surface area contributed by atoms with Gasteiger partial charge in [-0.15, -0.1) is 0 Å². The van der Waals surface area contributed by atoms with E-state index in [0.29, 0.717) is 13.2 Å². The molecule has 0 amide bonds. The Hall–Kier alpha value is -6.53. The van der Waals surface area contributed by atoms with E-state index in [0.717, 1.165) is 46.8 Å². The molecule has 0 unspecified atom stereocenters. The van der Waals surface area contributed by atoms with Gasteiger partial charge in [0, 0.05) is 12.4 Å². The molecule has 0 saturated carbocycles. The smallest absolute Gasteiger partial charge is 0.343 e. The molecule has 0 fully saturated rings. The molecule has 9 nitrogen and oxygen atoms in total. The van der Waals surface area contributed by atoms with Gasteiger partial charge in [-0.25, -0.2) is 9.59 Å². The second-order valence-corrected chi connectivity index (χ2v) is 15.2. The maximum absolute atomic E-state index is 13.1. The minimum absolute atomic E-state index is 0.0254. The molecule has 0 aliphatic heterocycles. The maximum atomic E-state index is 13.1. The summed E-state index contributed by atoms with van der Waals surface area (Å²) in [5.74, 6) is 0.268. The minimum atomic E-state index is -0.666. The van der Waals surface area contributed by atoms with Crippen LogP contribution in [0.5, 0.6) is 23.0 Å². The highest BCUT2D eigenvalue weighted by molar-refractivity contribution is 5.94. The van der Waals surface area contributed by atoms with Crippen LogP contribution in [0.1, 0.15) is 141 Å². The van der Waals surface area contributed by atoms with E-state index in [9.17, 15) is 14.9 Å². The van der Waals surface area contributed by atoms with Gasteiger partial charge in [-0.2, -0.15) is 5.26 Å². The fourth-order valence-corrected chi connectivity index (χ4v) is 6.57. The van der Waals surface area contributed by atoms with Crippen LogP contribution < -0.4 is 18.9 Å². The molecule has 5 aromatic rings. The van der Waals surface area contributed by atoms with E-state index in [1.54, 1.807) is 67.0 Å². The van der Waals surface area contributed by atoms with E-state index in [4.69, 9.17) is 18.9 Å². The van der Waals surface area contributed by atoms with E-state index in [-0.39, 0.29) is 28.2 Å². The van der Waals surface area contributed by atoms with Crippen molar-refractivity contribution >= 4 is 35.7 Å². The summed E-state index contributed by atoms with van der Waals surface area (Å²) < 4.78 is 23.0. The average molecular weight is 834 g/mol. The fraction of sp³-hybridized carbons (Fsp3) is 0.340. The van der Waals surface area contributed by atoms with Crippen LogP contribution in [-0.4, -0.2) is 37.6 Å². The molecule has 0 radical (unpaired) electrons. The van der Waals surface area contributed by atoms with Crippen LogP contribution in [-0.2, 0) is 0 Å². The molecule has 9 heteroatoms. The van der Waals surface area contributed by atoms with E-state index in [1.165, 1.54) is 89.2 Å². The van der Waals surface area contributed by atoms with Crippen molar-refractivity contribution in [2.24, 2.45) is 9.98 Å². The first-order chi connectivity index (χ1) is 30.4. The number of rotatable bonds is 26. The van der Waals surface area contributed by atoms with E-state index in [2.05, 4.69) is 23.8 Å². The zero-order chi connectivity index (χ0) is 43.6. The summed E-state index contributed by atoms with van der Waals surface area (Å²) in [5.41, 5.74) is 3.61. The zero-order valence-electron chi connectivity index (χ0n) is 36.2. The number of unbranched alkanes of at least 4 members (excludes halogenated alkanes) is 12. The van der Waals surface area contributed by atoms with E-state index < -0.39 is 11.9 Å². The molecule has 0 N–H and O–H groups in total. The van der Waals surface area contributed by atoms with Crippen LogP contribution in [0.4, 0.5) is 11.4 Å². The van der Waals surface area contributed by atoms with Gasteiger partial charge in [-0.3, -0.25) is 9.98 Å². The summed E-state index contributed by atoms with van der Waals surface area (Å²) in [5, 5.41) is 9.98. The molecule has 0 heterocycles. The third kappa shape index (κ3) is 16.2. The minimum Gasteiger partial charge on any atom is -0.494 e. The Labute approximate surface area is 367 Å². The summed E-state index contributed by atoms with van der Waals surface area (Å²) in [6.45, 7) is 5.89. The van der Waals surface area contributed by atoms with Crippen LogP contribution in [0.25, 0.3) is 0 Å². The van der Waals surface area contributed by atoms with Crippen LogP contribution >= 0.6 is 0 Å². The van der Waals surface area contributed by atoms with Crippen LogP contribution in [0, 0.1) is 11.3 Å². The zero-order valence-corrected chi connectivity index (χ0v) is 36.2. The van der Waals surface area contributed by atoms with Gasteiger partial charge in [-0.05, 0) is 109 Å². The number of esters is 2. The van der Waals surface area contributed by atoms with Gasteiger partial charge in [-0.1, -0.05) is 121 Å². The Morgan fingerprint density at radius 1 is 0.500 bits per heavy atom. The SMILES string of the molecule is CCCCCCCCCOc1ccc(N=Cc2ccc(C(=O)Oc3cccc(OC(=O)c4ccc(C=Nc5ccc(OCCCCCCCCC)cc5)cc4)c3C#N)cc2)cc1. The molecule has 0 spiro atoms. The Balaban J connectivity index is 1.06. The summed E-state index contributed by atoms with van der Waals surface area (Å²) in [4.78, 5) is 35.3. The molecule has 0 saturated heterocycles. The first kappa shape index (κ1) is 46.5. The van der Waals surface area contributed by atoms with Gasteiger partial charge in [0.1, 0.15) is 23.1 Å². The van der Waals surface area contributed by atoms with Crippen molar-refractivity contribution in [2.45, 2.75) is 104 Å². The Bertz CT molecular complexity index is 2060. The Morgan fingerprint density at radius 3 is 1.24 bits per heavy atom. The molecular weight excluding hydrogens is 775 g/mol. The first-order valence-corrected chi connectivity index (χ1v) is 22.2. The lowest BCUT2D eigenvalue weighted by atomic mass is 10.1. The normalized spacial score (nSPS) is 11.1. The number of hydrogen-bond donors (Lipinski definition) is 0. The van der Waals surface area contributed by atoms with Crippen molar-refractivity contribution in [2.75, 3.05) is 13.2 Å². The van der Waals surface area contributed by atoms with Gasteiger partial charge in [0.15, 0.2) is 11.5 Å². The van der Waals surface area contributed by atoms with Crippen molar-refractivity contribution in [3.63, 3.8) is 0 Å². The topological polar surface area (TPSA) is 120 Å². The molecule has 0 bridgehead atoms. The summed E-state index contributed by atoms with van der Waals surface area (Å²) in [6.07, 6.45) is 20.8.